The Morgan fingerprint density at radius 3 is 2.88 bits per heavy atom. The standard InChI is InChI=1S/C10H19NO4S/c1-3-15-8-9-5-4-6-10(7-9)11-16(12,13)14-2/h4,6,9-11H,3,5,7-8H2,1-2H3/t9-,10-/m0/s1. The molecule has 16 heavy (non-hydrogen) atoms. The summed E-state index contributed by atoms with van der Waals surface area (Å²) in [6.07, 6.45) is 5.53. The topological polar surface area (TPSA) is 64.6 Å². The average molecular weight is 249 g/mol. The third-order valence-corrected chi connectivity index (χ3v) is 3.53. The van der Waals surface area contributed by atoms with Gasteiger partial charge in [-0.25, -0.2) is 0 Å². The van der Waals surface area contributed by atoms with Gasteiger partial charge in [-0.15, -0.1) is 0 Å². The Morgan fingerprint density at radius 1 is 1.50 bits per heavy atom. The van der Waals surface area contributed by atoms with Gasteiger partial charge >= 0.3 is 10.3 Å². The third kappa shape index (κ3) is 4.61. The number of ether oxygens (including phenoxy) is 1. The Labute approximate surface area is 97.1 Å². The highest BCUT2D eigenvalue weighted by molar-refractivity contribution is 7.84. The molecule has 5 nitrogen and oxygen atoms in total. The molecule has 1 N–H and O–H groups in total. The number of nitrogens with one attached hydrogen (secondary N) is 1. The molecule has 0 saturated carbocycles. The molecule has 0 bridgehead atoms. The van der Waals surface area contributed by atoms with E-state index in [1.54, 1.807) is 0 Å². The molecule has 0 spiro atoms. The van der Waals surface area contributed by atoms with Gasteiger partial charge in [0.1, 0.15) is 0 Å². The first kappa shape index (κ1) is 13.6. The molecule has 0 aromatic carbocycles. The fourth-order valence-electron chi connectivity index (χ4n) is 1.71. The molecule has 1 aliphatic rings. The van der Waals surface area contributed by atoms with Crippen LogP contribution in [-0.2, 0) is 19.2 Å². The zero-order chi connectivity index (χ0) is 12.0. The van der Waals surface area contributed by atoms with E-state index in [4.69, 9.17) is 4.74 Å². The Kier molecular flexibility index (Phi) is 5.40. The second-order valence-electron chi connectivity index (χ2n) is 3.77. The van der Waals surface area contributed by atoms with Gasteiger partial charge in [-0.1, -0.05) is 12.2 Å². The molecular formula is C10H19NO4S. The van der Waals surface area contributed by atoms with Crippen LogP contribution in [0, 0.1) is 5.92 Å². The van der Waals surface area contributed by atoms with Gasteiger partial charge in [-0.2, -0.15) is 13.1 Å². The summed E-state index contributed by atoms with van der Waals surface area (Å²) < 4.78 is 34.5. The van der Waals surface area contributed by atoms with Crippen molar-refractivity contribution in [3.8, 4) is 0 Å². The van der Waals surface area contributed by atoms with Gasteiger partial charge in [0, 0.05) is 19.3 Å². The molecule has 0 fully saturated rings. The van der Waals surface area contributed by atoms with Gasteiger partial charge in [0.15, 0.2) is 0 Å². The molecule has 1 aliphatic carbocycles. The molecule has 0 heterocycles. The second kappa shape index (κ2) is 6.34. The summed E-state index contributed by atoms with van der Waals surface area (Å²) in [6, 6.07) is -0.191. The Hall–Kier alpha value is -0.430. The Morgan fingerprint density at radius 2 is 2.25 bits per heavy atom. The zero-order valence-electron chi connectivity index (χ0n) is 9.68. The average Bonchev–Trinajstić information content (AvgIpc) is 2.26. The lowest BCUT2D eigenvalue weighted by atomic mass is 9.92. The van der Waals surface area contributed by atoms with Crippen LogP contribution in [0.5, 0.6) is 0 Å². The van der Waals surface area contributed by atoms with Crippen molar-refractivity contribution >= 4 is 10.3 Å². The molecule has 0 aliphatic heterocycles. The summed E-state index contributed by atoms with van der Waals surface area (Å²) in [5.74, 6) is 0.370. The monoisotopic (exact) mass is 249 g/mol. The molecule has 0 unspecified atom stereocenters. The van der Waals surface area contributed by atoms with Crippen molar-refractivity contribution in [1.82, 2.24) is 4.72 Å². The smallest absolute Gasteiger partial charge is 0.336 e. The highest BCUT2D eigenvalue weighted by Gasteiger charge is 2.22. The van der Waals surface area contributed by atoms with Gasteiger partial charge in [0.25, 0.3) is 0 Å². The van der Waals surface area contributed by atoms with Crippen LogP contribution >= 0.6 is 0 Å². The molecule has 0 radical (unpaired) electrons. The molecule has 94 valence electrons. The fourth-order valence-corrected chi connectivity index (χ4v) is 2.35. The molecule has 0 saturated heterocycles. The number of hydrogen-bond donors (Lipinski definition) is 1. The van der Waals surface area contributed by atoms with Crippen LogP contribution in [-0.4, -0.2) is 34.8 Å². The van der Waals surface area contributed by atoms with Crippen molar-refractivity contribution in [2.75, 3.05) is 20.3 Å². The van der Waals surface area contributed by atoms with Crippen molar-refractivity contribution in [3.63, 3.8) is 0 Å². The fraction of sp³-hybridized carbons (Fsp3) is 0.800. The minimum atomic E-state index is -3.61. The van der Waals surface area contributed by atoms with Gasteiger partial charge in [-0.3, -0.25) is 4.18 Å². The van der Waals surface area contributed by atoms with Gasteiger partial charge in [-0.05, 0) is 25.7 Å². The van der Waals surface area contributed by atoms with E-state index in [0.717, 1.165) is 20.0 Å². The van der Waals surface area contributed by atoms with Crippen LogP contribution in [0.25, 0.3) is 0 Å². The molecule has 2 atom stereocenters. The highest BCUT2D eigenvalue weighted by Crippen LogP contribution is 2.19. The molecule has 0 aromatic rings. The predicted octanol–water partition coefficient (Wildman–Crippen LogP) is 0.838. The molecule has 1 rings (SSSR count). The van der Waals surface area contributed by atoms with Gasteiger partial charge in [0.05, 0.1) is 7.11 Å². The van der Waals surface area contributed by atoms with E-state index < -0.39 is 10.3 Å². The van der Waals surface area contributed by atoms with Crippen molar-refractivity contribution in [1.29, 1.82) is 0 Å². The van der Waals surface area contributed by atoms with Crippen LogP contribution in [0.1, 0.15) is 19.8 Å². The van der Waals surface area contributed by atoms with Crippen molar-refractivity contribution in [2.45, 2.75) is 25.8 Å². The Balaban J connectivity index is 2.45. The quantitative estimate of drug-likeness (QED) is 0.708. The molecule has 0 aromatic heterocycles. The van der Waals surface area contributed by atoms with Crippen LogP contribution in [0.15, 0.2) is 12.2 Å². The number of allylic oxidation sites excluding steroid dienone is 1. The first-order valence-electron chi connectivity index (χ1n) is 5.39. The maximum Gasteiger partial charge on any atom is 0.336 e. The molecule has 0 amide bonds. The van der Waals surface area contributed by atoms with E-state index in [1.807, 2.05) is 19.1 Å². The van der Waals surface area contributed by atoms with Crippen LogP contribution in [0.4, 0.5) is 0 Å². The van der Waals surface area contributed by atoms with E-state index in [-0.39, 0.29) is 6.04 Å². The normalized spacial score (nSPS) is 25.9. The highest BCUT2D eigenvalue weighted by atomic mass is 32.2. The van der Waals surface area contributed by atoms with Crippen LogP contribution < -0.4 is 4.72 Å². The number of rotatable bonds is 6. The summed E-state index contributed by atoms with van der Waals surface area (Å²) in [5.41, 5.74) is 0. The zero-order valence-corrected chi connectivity index (χ0v) is 10.5. The van der Waals surface area contributed by atoms with Crippen molar-refractivity contribution in [2.24, 2.45) is 5.92 Å². The van der Waals surface area contributed by atoms with E-state index in [1.165, 1.54) is 0 Å². The SMILES string of the molecule is CCOC[C@H]1CC=C[C@H](NS(=O)(=O)OC)C1. The van der Waals surface area contributed by atoms with E-state index in [0.29, 0.717) is 19.1 Å². The van der Waals surface area contributed by atoms with E-state index in [9.17, 15) is 8.42 Å². The lowest BCUT2D eigenvalue weighted by Gasteiger charge is -2.24. The van der Waals surface area contributed by atoms with Crippen LogP contribution in [0.3, 0.4) is 0 Å². The van der Waals surface area contributed by atoms with E-state index in [2.05, 4.69) is 8.91 Å². The minimum absolute atomic E-state index is 0.191. The van der Waals surface area contributed by atoms with Gasteiger partial charge < -0.3 is 4.74 Å². The first-order chi connectivity index (χ1) is 7.57. The molecular weight excluding hydrogens is 230 g/mol. The van der Waals surface area contributed by atoms with Gasteiger partial charge in [0.2, 0.25) is 0 Å². The Bertz CT molecular complexity index is 326. The maximum absolute atomic E-state index is 11.2. The van der Waals surface area contributed by atoms with Crippen molar-refractivity contribution < 1.29 is 17.3 Å². The largest absolute Gasteiger partial charge is 0.381 e. The summed E-state index contributed by atoms with van der Waals surface area (Å²) in [7, 11) is -2.46. The lowest BCUT2D eigenvalue weighted by Crippen LogP contribution is -2.37. The summed E-state index contributed by atoms with van der Waals surface area (Å²) in [6.45, 7) is 3.31. The maximum atomic E-state index is 11.2. The summed E-state index contributed by atoms with van der Waals surface area (Å²) in [5, 5.41) is 0. The summed E-state index contributed by atoms with van der Waals surface area (Å²) in [4.78, 5) is 0. The first-order valence-corrected chi connectivity index (χ1v) is 6.80. The van der Waals surface area contributed by atoms with E-state index >= 15 is 0 Å². The summed E-state index contributed by atoms with van der Waals surface area (Å²) >= 11 is 0. The third-order valence-electron chi connectivity index (χ3n) is 2.50. The predicted molar refractivity (Wildman–Crippen MR) is 61.2 cm³/mol. The van der Waals surface area contributed by atoms with Crippen LogP contribution in [0.2, 0.25) is 0 Å². The number of hydrogen-bond acceptors (Lipinski definition) is 4. The van der Waals surface area contributed by atoms with Crippen molar-refractivity contribution in [3.05, 3.63) is 12.2 Å². The second-order valence-corrected chi connectivity index (χ2v) is 5.25. The minimum Gasteiger partial charge on any atom is -0.381 e. The molecule has 6 heteroatoms. The lowest BCUT2D eigenvalue weighted by molar-refractivity contribution is 0.104.